The minimum atomic E-state index is -4.52. The van der Waals surface area contributed by atoms with Crippen LogP contribution in [-0.2, 0) is 26.2 Å². The Morgan fingerprint density at radius 1 is 1.07 bits per heavy atom. The number of anilines is 1. The van der Waals surface area contributed by atoms with Crippen molar-refractivity contribution in [3.63, 3.8) is 0 Å². The van der Waals surface area contributed by atoms with Gasteiger partial charge in [0, 0.05) is 29.2 Å². The summed E-state index contributed by atoms with van der Waals surface area (Å²) in [7, 11) is -3.05. The van der Waals surface area contributed by atoms with Crippen LogP contribution in [0.3, 0.4) is 0 Å². The lowest BCUT2D eigenvalue weighted by atomic mass is 9.95. The summed E-state index contributed by atoms with van der Waals surface area (Å²) >= 11 is 6.48. The predicted molar refractivity (Wildman–Crippen MR) is 176 cm³/mol. The number of ether oxygens (including phenoxy) is 1. The molecule has 1 aliphatic carbocycles. The first-order valence-corrected chi connectivity index (χ1v) is 17.0. The lowest BCUT2D eigenvalue weighted by Crippen LogP contribution is -2.54. The van der Waals surface area contributed by atoms with Crippen molar-refractivity contribution in [3.05, 3.63) is 93.0 Å². The number of carbonyl (C=O) groups is 2. The third-order valence-corrected chi connectivity index (χ3v) is 10.4. The zero-order valence-electron chi connectivity index (χ0n) is 26.1. The highest BCUT2D eigenvalue weighted by Gasteiger charge is 2.35. The van der Waals surface area contributed by atoms with Crippen molar-refractivity contribution in [2.45, 2.75) is 75.9 Å². The minimum Gasteiger partial charge on any atom is -0.497 e. The molecule has 0 radical (unpaired) electrons. The first-order chi connectivity index (χ1) is 22.0. The molecule has 0 saturated heterocycles. The van der Waals surface area contributed by atoms with Crippen LogP contribution < -0.4 is 14.4 Å². The Bertz CT molecular complexity index is 1660. The van der Waals surface area contributed by atoms with Gasteiger partial charge in [0.15, 0.2) is 0 Å². The summed E-state index contributed by atoms with van der Waals surface area (Å²) in [5.41, 5.74) is 0.647. The van der Waals surface area contributed by atoms with Gasteiger partial charge in [-0.3, -0.25) is 24.0 Å². The van der Waals surface area contributed by atoms with Gasteiger partial charge in [-0.2, -0.15) is 0 Å². The van der Waals surface area contributed by atoms with Crippen molar-refractivity contribution >= 4 is 44.8 Å². The summed E-state index contributed by atoms with van der Waals surface area (Å²) in [5, 5.41) is 15.2. The topological polar surface area (TPSA) is 139 Å². The number of nitro benzene ring substituents is 1. The molecular weight excluding hydrogens is 632 g/mol. The van der Waals surface area contributed by atoms with Crippen LogP contribution in [0.15, 0.2) is 71.6 Å². The van der Waals surface area contributed by atoms with E-state index in [4.69, 9.17) is 16.3 Å². The van der Waals surface area contributed by atoms with Gasteiger partial charge in [-0.1, -0.05) is 62.1 Å². The number of nitrogens with one attached hydrogen (secondary N) is 1. The predicted octanol–water partition coefficient (Wildman–Crippen LogP) is 6.02. The Kier molecular flexibility index (Phi) is 11.6. The van der Waals surface area contributed by atoms with Gasteiger partial charge in [0.25, 0.3) is 15.7 Å². The third-order valence-electron chi connectivity index (χ3n) is 8.24. The zero-order chi connectivity index (χ0) is 33.4. The normalized spacial score (nSPS) is 14.3. The molecule has 0 aromatic heterocycles. The monoisotopic (exact) mass is 670 g/mol. The maximum absolute atomic E-state index is 14.3. The highest BCUT2D eigenvalue weighted by atomic mass is 35.5. The molecule has 0 bridgehead atoms. The number of aryl methyl sites for hydroxylation is 1. The van der Waals surface area contributed by atoms with Crippen LogP contribution in [0.5, 0.6) is 5.75 Å². The SMILES string of the molecule is CC[C@@H](C(=O)NC1CCCCC1)N(Cc1ccccc1Cl)C(=O)CN(c1ccc(OC)cc1)S(=O)(=O)c1ccc(C)c([N+](=O)[O-])c1. The smallest absolute Gasteiger partial charge is 0.273 e. The Morgan fingerprint density at radius 3 is 2.35 bits per heavy atom. The number of nitro groups is 1. The van der Waals surface area contributed by atoms with E-state index in [2.05, 4.69) is 5.32 Å². The van der Waals surface area contributed by atoms with E-state index in [1.54, 1.807) is 43.3 Å². The maximum atomic E-state index is 14.3. The van der Waals surface area contributed by atoms with E-state index < -0.39 is 33.4 Å². The molecule has 1 aliphatic rings. The molecule has 0 aliphatic heterocycles. The summed E-state index contributed by atoms with van der Waals surface area (Å²) in [6.07, 6.45) is 5.11. The lowest BCUT2D eigenvalue weighted by Gasteiger charge is -2.34. The molecule has 3 aromatic carbocycles. The molecule has 0 unspecified atom stereocenters. The van der Waals surface area contributed by atoms with Gasteiger partial charge in [-0.25, -0.2) is 8.42 Å². The number of hydrogen-bond acceptors (Lipinski definition) is 7. The van der Waals surface area contributed by atoms with E-state index in [0.29, 0.717) is 16.3 Å². The average molecular weight is 671 g/mol. The molecule has 46 heavy (non-hydrogen) atoms. The largest absolute Gasteiger partial charge is 0.497 e. The van der Waals surface area contributed by atoms with Gasteiger partial charge in [0.05, 0.1) is 22.6 Å². The minimum absolute atomic E-state index is 0.000990. The number of nitrogens with zero attached hydrogens (tertiary/aromatic N) is 3. The van der Waals surface area contributed by atoms with E-state index in [0.717, 1.165) is 42.5 Å². The molecule has 246 valence electrons. The summed E-state index contributed by atoms with van der Waals surface area (Å²) < 4.78 is 34.5. The number of benzene rings is 3. The fourth-order valence-corrected chi connectivity index (χ4v) is 7.25. The number of sulfonamides is 1. The van der Waals surface area contributed by atoms with E-state index in [1.807, 2.05) is 0 Å². The molecule has 13 heteroatoms. The van der Waals surface area contributed by atoms with Crippen LogP contribution in [0.2, 0.25) is 5.02 Å². The molecule has 2 amide bonds. The fraction of sp³-hybridized carbons (Fsp3) is 0.394. The first kappa shape index (κ1) is 34.7. The molecule has 0 spiro atoms. The molecule has 0 heterocycles. The second-order valence-electron chi connectivity index (χ2n) is 11.3. The van der Waals surface area contributed by atoms with E-state index in [9.17, 15) is 28.1 Å². The highest BCUT2D eigenvalue weighted by Crippen LogP contribution is 2.30. The molecule has 1 atom stereocenters. The third kappa shape index (κ3) is 8.16. The number of rotatable bonds is 13. The molecule has 1 saturated carbocycles. The summed E-state index contributed by atoms with van der Waals surface area (Å²) in [5.74, 6) is -0.501. The van der Waals surface area contributed by atoms with Gasteiger partial charge in [0.1, 0.15) is 18.3 Å². The van der Waals surface area contributed by atoms with Gasteiger partial charge < -0.3 is 15.0 Å². The zero-order valence-corrected chi connectivity index (χ0v) is 27.7. The Balaban J connectivity index is 1.76. The van der Waals surface area contributed by atoms with Gasteiger partial charge in [0.2, 0.25) is 11.8 Å². The molecule has 3 aromatic rings. The average Bonchev–Trinajstić information content (AvgIpc) is 3.04. The molecule has 11 nitrogen and oxygen atoms in total. The second-order valence-corrected chi connectivity index (χ2v) is 13.6. The van der Waals surface area contributed by atoms with Crippen molar-refractivity contribution in [2.75, 3.05) is 18.0 Å². The van der Waals surface area contributed by atoms with Crippen molar-refractivity contribution in [1.29, 1.82) is 0 Å². The molecule has 1 N–H and O–H groups in total. The van der Waals surface area contributed by atoms with Crippen LogP contribution in [0.25, 0.3) is 0 Å². The second kappa shape index (κ2) is 15.4. The number of methoxy groups -OCH3 is 1. The van der Waals surface area contributed by atoms with Crippen molar-refractivity contribution < 1.29 is 27.7 Å². The molecule has 4 rings (SSSR count). The Labute approximate surface area is 274 Å². The number of halogens is 1. The quantitative estimate of drug-likeness (QED) is 0.173. The van der Waals surface area contributed by atoms with Gasteiger partial charge in [-0.05, 0) is 68.1 Å². The van der Waals surface area contributed by atoms with E-state index >= 15 is 0 Å². The van der Waals surface area contributed by atoms with Gasteiger partial charge in [-0.15, -0.1) is 0 Å². The Hall–Kier alpha value is -4.16. The number of amides is 2. The lowest BCUT2D eigenvalue weighted by molar-refractivity contribution is -0.385. The summed E-state index contributed by atoms with van der Waals surface area (Å²) in [6.45, 7) is 2.58. The van der Waals surface area contributed by atoms with Crippen molar-refractivity contribution in [1.82, 2.24) is 10.2 Å². The van der Waals surface area contributed by atoms with Crippen LogP contribution in [0.1, 0.15) is 56.6 Å². The standard InChI is InChI=1S/C33H39ClN4O7S/c1-4-30(33(40)35-25-11-6-5-7-12-25)36(21-24-10-8-9-13-29(24)34)32(39)22-37(26-15-17-27(45-3)18-16-26)46(43,44)28-19-14-23(2)31(20-28)38(41)42/h8-10,13-20,25,30H,4-7,11-12,21-22H2,1-3H3,(H,35,40)/t30-/m0/s1. The number of hydrogen-bond donors (Lipinski definition) is 1. The summed E-state index contributed by atoms with van der Waals surface area (Å²) in [6, 6.07) is 15.7. The Morgan fingerprint density at radius 2 is 1.74 bits per heavy atom. The van der Waals surface area contributed by atoms with Gasteiger partial charge >= 0.3 is 0 Å². The van der Waals surface area contributed by atoms with Crippen LogP contribution in [-0.4, -0.2) is 55.8 Å². The van der Waals surface area contributed by atoms with E-state index in [1.165, 1.54) is 43.2 Å². The van der Waals surface area contributed by atoms with E-state index in [-0.39, 0.29) is 46.7 Å². The summed E-state index contributed by atoms with van der Waals surface area (Å²) in [4.78, 5) is 40.1. The molecule has 1 fully saturated rings. The maximum Gasteiger partial charge on any atom is 0.273 e. The number of carbonyl (C=O) groups excluding carboxylic acids is 2. The van der Waals surface area contributed by atoms with Crippen LogP contribution in [0.4, 0.5) is 11.4 Å². The molecular formula is C33H39ClN4O7S. The fourth-order valence-electron chi connectivity index (χ4n) is 5.62. The van der Waals surface area contributed by atoms with Crippen molar-refractivity contribution in [2.24, 2.45) is 0 Å². The first-order valence-electron chi connectivity index (χ1n) is 15.2. The highest BCUT2D eigenvalue weighted by molar-refractivity contribution is 7.92. The van der Waals surface area contributed by atoms with Crippen molar-refractivity contribution in [3.8, 4) is 5.75 Å². The van der Waals surface area contributed by atoms with Crippen LogP contribution in [0, 0.1) is 17.0 Å². The van der Waals surface area contributed by atoms with Crippen LogP contribution >= 0.6 is 11.6 Å².